The molecule has 0 aromatic heterocycles. The third-order valence-corrected chi connectivity index (χ3v) is 7.04. The van der Waals surface area contributed by atoms with Crippen molar-refractivity contribution in [1.82, 2.24) is 5.32 Å². The van der Waals surface area contributed by atoms with Crippen molar-refractivity contribution in [3.05, 3.63) is 82.1 Å². The molecule has 2 atom stereocenters. The number of esters is 1. The number of carbonyl (C=O) groups is 3. The van der Waals surface area contributed by atoms with Crippen LogP contribution in [0.3, 0.4) is 0 Å². The molecule has 9 nitrogen and oxygen atoms in total. The Morgan fingerprint density at radius 1 is 1.09 bits per heavy atom. The monoisotopic (exact) mass is 607 g/mol. The Balaban J connectivity index is 1.30. The number of aliphatic hydroxyl groups is 2. The molecule has 2 heterocycles. The zero-order valence-corrected chi connectivity index (χ0v) is 23.4. The van der Waals surface area contributed by atoms with Crippen molar-refractivity contribution in [3.8, 4) is 24.2 Å². The van der Waals surface area contributed by atoms with Gasteiger partial charge in [-0.3, -0.25) is 9.59 Å². The summed E-state index contributed by atoms with van der Waals surface area (Å²) in [4.78, 5) is 37.8. The van der Waals surface area contributed by atoms with E-state index in [2.05, 4.69) is 33.3 Å². The molecular formula is C32H28F3N3O6. The Bertz CT molecular complexity index is 1590. The van der Waals surface area contributed by atoms with Gasteiger partial charge in [-0.25, -0.2) is 4.79 Å². The molecule has 44 heavy (non-hydrogen) atoms. The van der Waals surface area contributed by atoms with Crippen molar-refractivity contribution in [2.75, 3.05) is 6.61 Å². The number of ether oxygens (including phenoxy) is 1. The lowest BCUT2D eigenvalue weighted by Gasteiger charge is -2.18. The molecule has 0 fully saturated rings. The largest absolute Gasteiger partial charge is 0.509 e. The second kappa shape index (κ2) is 13.6. The lowest BCUT2D eigenvalue weighted by Crippen LogP contribution is -2.34. The van der Waals surface area contributed by atoms with Crippen LogP contribution in [0.2, 0.25) is 0 Å². The minimum absolute atomic E-state index is 0.0228. The summed E-state index contributed by atoms with van der Waals surface area (Å²) in [6, 6.07) is 10.7. The third kappa shape index (κ3) is 6.99. The van der Waals surface area contributed by atoms with Crippen LogP contribution in [0, 0.1) is 24.2 Å². The van der Waals surface area contributed by atoms with Gasteiger partial charge in [0.25, 0.3) is 5.91 Å². The van der Waals surface area contributed by atoms with Crippen LogP contribution in [-0.4, -0.2) is 46.7 Å². The van der Waals surface area contributed by atoms with E-state index in [1.807, 2.05) is 0 Å². The molecule has 4 rings (SSSR count). The number of benzene rings is 2. The van der Waals surface area contributed by atoms with Crippen LogP contribution in [0.1, 0.15) is 71.7 Å². The number of halogens is 3. The Labute approximate surface area is 251 Å². The van der Waals surface area contributed by atoms with Crippen molar-refractivity contribution in [1.29, 1.82) is 0 Å². The van der Waals surface area contributed by atoms with Gasteiger partial charge in [0.15, 0.2) is 5.78 Å². The molecule has 0 spiro atoms. The fraction of sp³-hybridized carbons (Fsp3) is 0.344. The van der Waals surface area contributed by atoms with Crippen LogP contribution in [0.25, 0.3) is 0 Å². The molecular weight excluding hydrogens is 579 g/mol. The van der Waals surface area contributed by atoms with Gasteiger partial charge < -0.3 is 20.3 Å². The van der Waals surface area contributed by atoms with Crippen LogP contribution in [0.5, 0.6) is 0 Å². The predicted octanol–water partition coefficient (Wildman–Crippen LogP) is 4.96. The summed E-state index contributed by atoms with van der Waals surface area (Å²) < 4.78 is 45.7. The van der Waals surface area contributed by atoms with E-state index in [1.165, 1.54) is 6.07 Å². The highest BCUT2D eigenvalue weighted by molar-refractivity contribution is 6.21. The molecule has 228 valence electrons. The first-order valence-corrected chi connectivity index (χ1v) is 13.7. The first-order chi connectivity index (χ1) is 21.0. The van der Waals surface area contributed by atoms with E-state index in [0.29, 0.717) is 31.2 Å². The minimum atomic E-state index is -4.74. The molecule has 2 aliphatic rings. The molecule has 2 aromatic carbocycles. The number of nitrogens with zero attached hydrogens (tertiary/aromatic N) is 2. The van der Waals surface area contributed by atoms with Crippen LogP contribution in [-0.2, 0) is 20.0 Å². The van der Waals surface area contributed by atoms with E-state index in [4.69, 9.17) is 11.2 Å². The van der Waals surface area contributed by atoms with Gasteiger partial charge in [-0.1, -0.05) is 48.2 Å². The number of rotatable bonds is 12. The predicted molar refractivity (Wildman–Crippen MR) is 151 cm³/mol. The molecule has 12 heteroatoms. The molecule has 0 saturated carbocycles. The zero-order valence-electron chi connectivity index (χ0n) is 23.4. The summed E-state index contributed by atoms with van der Waals surface area (Å²) in [6.07, 6.45) is 0.857. The Hall–Kier alpha value is -4.94. The van der Waals surface area contributed by atoms with Gasteiger partial charge in [0.1, 0.15) is 23.5 Å². The number of carbonyl (C=O) groups excluding carboxylic acids is 3. The highest BCUT2D eigenvalue weighted by Gasteiger charge is 2.65. The van der Waals surface area contributed by atoms with Crippen LogP contribution in [0.15, 0.2) is 70.1 Å². The molecule has 3 N–H and O–H groups in total. The number of hydrogen-bond acceptors (Lipinski definition) is 8. The zero-order chi connectivity index (χ0) is 31.9. The van der Waals surface area contributed by atoms with Gasteiger partial charge in [-0.15, -0.1) is 22.6 Å². The molecule has 2 aliphatic heterocycles. The number of ketones is 1. The van der Waals surface area contributed by atoms with Gasteiger partial charge in [-0.2, -0.15) is 13.2 Å². The molecule has 0 bridgehead atoms. The normalized spacial score (nSPS) is 17.2. The maximum atomic E-state index is 13.5. The molecule has 0 unspecified atom stereocenters. The van der Waals surface area contributed by atoms with E-state index in [1.54, 1.807) is 30.3 Å². The second-order valence-electron chi connectivity index (χ2n) is 10.1. The first kappa shape index (κ1) is 32.0. The molecule has 1 amide bonds. The summed E-state index contributed by atoms with van der Waals surface area (Å²) in [5.74, 6) is 5.17. The van der Waals surface area contributed by atoms with Crippen LogP contribution < -0.4 is 5.32 Å². The summed E-state index contributed by atoms with van der Waals surface area (Å²) in [5, 5.41) is 29.9. The quantitative estimate of drug-likeness (QED) is 0.135. The highest BCUT2D eigenvalue weighted by atomic mass is 19.4. The average molecular weight is 608 g/mol. The smallest absolute Gasteiger partial charge is 0.442 e. The van der Waals surface area contributed by atoms with E-state index in [-0.39, 0.29) is 36.1 Å². The Kier molecular flexibility index (Phi) is 9.87. The van der Waals surface area contributed by atoms with Crippen molar-refractivity contribution < 1.29 is 42.5 Å². The Morgan fingerprint density at radius 2 is 1.82 bits per heavy atom. The number of terminal acetylenes is 1. The SMILES string of the molecule is C#CCCC#Cc1cc(C2(C(F)(F)F)N=N2)ccc1C(=O)OCCCCCC(=O)C1=C(O)[C@H]([C@@H](O)c2ccccc2)NC1=O. The highest BCUT2D eigenvalue weighted by Crippen LogP contribution is 2.52. The number of amides is 1. The first-order valence-electron chi connectivity index (χ1n) is 13.7. The summed E-state index contributed by atoms with van der Waals surface area (Å²) in [6.45, 7) is -0.0460. The number of aliphatic hydroxyl groups excluding tert-OH is 2. The van der Waals surface area contributed by atoms with Crippen molar-refractivity contribution in [3.63, 3.8) is 0 Å². The summed E-state index contributed by atoms with van der Waals surface area (Å²) in [5.41, 5.74) is -2.88. The Morgan fingerprint density at radius 3 is 2.48 bits per heavy atom. The minimum Gasteiger partial charge on any atom is -0.509 e. The van der Waals surface area contributed by atoms with Crippen LogP contribution >= 0.6 is 0 Å². The third-order valence-electron chi connectivity index (χ3n) is 7.04. The van der Waals surface area contributed by atoms with Crippen molar-refractivity contribution >= 4 is 17.7 Å². The maximum absolute atomic E-state index is 13.5. The topological polar surface area (TPSA) is 138 Å². The van der Waals surface area contributed by atoms with Crippen LogP contribution in [0.4, 0.5) is 13.2 Å². The van der Waals surface area contributed by atoms with Gasteiger partial charge in [-0.05, 0) is 37.0 Å². The summed E-state index contributed by atoms with van der Waals surface area (Å²) >= 11 is 0. The van der Waals surface area contributed by atoms with Gasteiger partial charge in [0, 0.05) is 30.4 Å². The second-order valence-corrected chi connectivity index (χ2v) is 10.1. The van der Waals surface area contributed by atoms with Crippen molar-refractivity contribution in [2.24, 2.45) is 10.2 Å². The number of alkyl halides is 3. The fourth-order valence-corrected chi connectivity index (χ4v) is 4.60. The average Bonchev–Trinajstić information content (AvgIpc) is 3.77. The van der Waals surface area contributed by atoms with E-state index >= 15 is 0 Å². The van der Waals surface area contributed by atoms with E-state index in [0.717, 1.165) is 12.1 Å². The van der Waals surface area contributed by atoms with E-state index < -0.39 is 53.0 Å². The number of Topliss-reactive ketones (excluding diaryl/α,β-unsaturated/α-hetero) is 1. The van der Waals surface area contributed by atoms with Crippen molar-refractivity contribution in [2.45, 2.75) is 62.5 Å². The lowest BCUT2D eigenvalue weighted by molar-refractivity contribution is -0.166. The standard InChI is InChI=1S/C32H28F3N3O6/c1-2-3-4-7-14-21-19-22(31(37-38-31)32(33,34)35)16-17-23(21)30(43)44-18-11-6-10-15-24(39)25-28(41)26(36-29(25)42)27(40)20-12-8-5-9-13-20/h1,5,8-9,12-13,16-17,19,26-27,40-41H,3-4,6,10-11,15,18H2,(H,36,42)/t26-,27-/m0/s1. The summed E-state index contributed by atoms with van der Waals surface area (Å²) in [7, 11) is 0. The van der Waals surface area contributed by atoms with Gasteiger partial charge in [0.05, 0.1) is 12.2 Å². The fourth-order valence-electron chi connectivity index (χ4n) is 4.60. The number of nitrogens with one attached hydrogen (secondary N) is 1. The van der Waals surface area contributed by atoms with E-state index in [9.17, 15) is 37.8 Å². The molecule has 0 aliphatic carbocycles. The maximum Gasteiger partial charge on any atom is 0.442 e. The number of hydrogen-bond donors (Lipinski definition) is 3. The van der Waals surface area contributed by atoms with Gasteiger partial charge >= 0.3 is 17.8 Å². The molecule has 0 saturated heterocycles. The number of unbranched alkanes of at least 4 members (excludes halogenated alkanes) is 3. The lowest BCUT2D eigenvalue weighted by atomic mass is 9.97. The molecule has 0 radical (unpaired) electrons. The molecule has 2 aromatic rings. The van der Waals surface area contributed by atoms with Gasteiger partial charge in [0.2, 0.25) is 0 Å².